The number of rotatable bonds is 5. The van der Waals surface area contributed by atoms with Gasteiger partial charge < -0.3 is 9.84 Å². The number of halogens is 6. The number of ether oxygens (including phenoxy) is 1. The smallest absolute Gasteiger partial charge is 0.438 e. The molecule has 1 N–H and O–H groups in total. The molecule has 0 saturated carbocycles. The minimum Gasteiger partial charge on any atom is -0.481 e. The minimum atomic E-state index is -6.09. The second-order valence-corrected chi connectivity index (χ2v) is 3.62. The summed E-state index contributed by atoms with van der Waals surface area (Å²) in [6.45, 7) is 1.33. The number of hydrogen-bond acceptors (Lipinski definition) is 3. The maximum absolute atomic E-state index is 12.6. The SMILES string of the molecule is CCCC(=O)OC(CC(=O)O)(C(F)(F)F)C(F)(F)F. The monoisotopic (exact) mass is 296 g/mol. The van der Waals surface area contributed by atoms with Crippen molar-refractivity contribution < 1.29 is 45.8 Å². The van der Waals surface area contributed by atoms with Gasteiger partial charge in [0, 0.05) is 6.42 Å². The molecular weight excluding hydrogens is 286 g/mol. The summed E-state index contributed by atoms with van der Waals surface area (Å²) in [5.74, 6) is -4.16. The number of alkyl halides is 6. The Balaban J connectivity index is 5.65. The second-order valence-electron chi connectivity index (χ2n) is 3.62. The van der Waals surface area contributed by atoms with Gasteiger partial charge in [-0.15, -0.1) is 0 Å². The number of carbonyl (C=O) groups is 2. The molecule has 112 valence electrons. The van der Waals surface area contributed by atoms with Gasteiger partial charge in [-0.25, -0.2) is 0 Å². The van der Waals surface area contributed by atoms with Gasteiger partial charge >= 0.3 is 29.9 Å². The molecule has 0 rings (SSSR count). The summed E-state index contributed by atoms with van der Waals surface area (Å²) in [5.41, 5.74) is -5.03. The van der Waals surface area contributed by atoms with Gasteiger partial charge in [-0.3, -0.25) is 9.59 Å². The Hall–Kier alpha value is -1.48. The van der Waals surface area contributed by atoms with E-state index in [1.807, 2.05) is 0 Å². The molecule has 0 saturated heterocycles. The molecule has 0 unspecified atom stereocenters. The van der Waals surface area contributed by atoms with Crippen molar-refractivity contribution in [2.75, 3.05) is 0 Å². The van der Waals surface area contributed by atoms with Gasteiger partial charge in [0.05, 0.1) is 0 Å². The molecule has 19 heavy (non-hydrogen) atoms. The summed E-state index contributed by atoms with van der Waals surface area (Å²) in [7, 11) is 0. The van der Waals surface area contributed by atoms with Crippen LogP contribution >= 0.6 is 0 Å². The van der Waals surface area contributed by atoms with Gasteiger partial charge in [0.1, 0.15) is 6.42 Å². The van der Waals surface area contributed by atoms with Gasteiger partial charge in [-0.05, 0) is 6.42 Å². The number of carbonyl (C=O) groups excluding carboxylic acids is 1. The number of esters is 1. The first-order valence-electron chi connectivity index (χ1n) is 4.94. The first-order valence-corrected chi connectivity index (χ1v) is 4.94. The summed E-state index contributed by atoms with van der Waals surface area (Å²) < 4.78 is 78.9. The molecule has 0 amide bonds. The molecule has 0 atom stereocenters. The van der Waals surface area contributed by atoms with Crippen LogP contribution in [0.2, 0.25) is 0 Å². The lowest BCUT2D eigenvalue weighted by atomic mass is 9.97. The summed E-state index contributed by atoms with van der Waals surface area (Å²) in [6, 6.07) is 0. The molecule has 4 nitrogen and oxygen atoms in total. The van der Waals surface area contributed by atoms with E-state index in [2.05, 4.69) is 4.74 Å². The third-order valence-electron chi connectivity index (χ3n) is 2.06. The summed E-state index contributed by atoms with van der Waals surface area (Å²) >= 11 is 0. The maximum atomic E-state index is 12.6. The van der Waals surface area contributed by atoms with Crippen LogP contribution in [0.25, 0.3) is 0 Å². The van der Waals surface area contributed by atoms with E-state index in [0.29, 0.717) is 0 Å². The Bertz CT molecular complexity index is 332. The van der Waals surface area contributed by atoms with Gasteiger partial charge in [-0.2, -0.15) is 26.3 Å². The van der Waals surface area contributed by atoms with Crippen LogP contribution in [0.5, 0.6) is 0 Å². The number of hydrogen-bond donors (Lipinski definition) is 1. The van der Waals surface area contributed by atoms with Crippen molar-refractivity contribution in [1.29, 1.82) is 0 Å². The highest BCUT2D eigenvalue weighted by atomic mass is 19.4. The van der Waals surface area contributed by atoms with Crippen LogP contribution in [0, 0.1) is 0 Å². The molecule has 0 spiro atoms. The molecule has 0 radical (unpaired) electrons. The van der Waals surface area contributed by atoms with Crippen LogP contribution in [0.3, 0.4) is 0 Å². The van der Waals surface area contributed by atoms with Crippen molar-refractivity contribution in [3.8, 4) is 0 Å². The zero-order valence-electron chi connectivity index (χ0n) is 9.56. The maximum Gasteiger partial charge on any atom is 0.438 e. The third-order valence-corrected chi connectivity index (χ3v) is 2.06. The molecule has 10 heteroatoms. The first kappa shape index (κ1) is 17.5. The van der Waals surface area contributed by atoms with E-state index >= 15 is 0 Å². The van der Waals surface area contributed by atoms with Crippen molar-refractivity contribution in [1.82, 2.24) is 0 Å². The lowest BCUT2D eigenvalue weighted by Crippen LogP contribution is -2.60. The van der Waals surface area contributed by atoms with Gasteiger partial charge in [0.25, 0.3) is 0 Å². The second kappa shape index (κ2) is 5.66. The lowest BCUT2D eigenvalue weighted by molar-refractivity contribution is -0.369. The van der Waals surface area contributed by atoms with Crippen molar-refractivity contribution >= 4 is 11.9 Å². The van der Waals surface area contributed by atoms with E-state index in [9.17, 15) is 35.9 Å². The normalized spacial score (nSPS) is 13.2. The Morgan fingerprint density at radius 2 is 1.47 bits per heavy atom. The highest BCUT2D eigenvalue weighted by Gasteiger charge is 2.75. The predicted molar refractivity (Wildman–Crippen MR) is 48.1 cm³/mol. The van der Waals surface area contributed by atoms with E-state index in [0.717, 1.165) is 0 Å². The molecule has 0 heterocycles. The average Bonchev–Trinajstić information content (AvgIpc) is 2.12. The summed E-state index contributed by atoms with van der Waals surface area (Å²) in [6.07, 6.45) is -15.3. The van der Waals surface area contributed by atoms with Crippen molar-refractivity contribution in [2.24, 2.45) is 0 Å². The minimum absolute atomic E-state index is 0.0439. The fraction of sp³-hybridized carbons (Fsp3) is 0.778. The number of carboxylic acids is 1. The van der Waals surface area contributed by atoms with Crippen LogP contribution in [0.4, 0.5) is 26.3 Å². The predicted octanol–water partition coefficient (Wildman–Crippen LogP) is 2.67. The van der Waals surface area contributed by atoms with Gasteiger partial charge in [0.2, 0.25) is 0 Å². The Morgan fingerprint density at radius 3 is 1.74 bits per heavy atom. The van der Waals surface area contributed by atoms with Crippen LogP contribution in [0.15, 0.2) is 0 Å². The first-order chi connectivity index (χ1) is 8.37. The topological polar surface area (TPSA) is 63.6 Å². The van der Waals surface area contributed by atoms with E-state index in [-0.39, 0.29) is 6.42 Å². The Morgan fingerprint density at radius 1 is 1.05 bits per heavy atom. The van der Waals surface area contributed by atoms with Gasteiger partial charge in [-0.1, -0.05) is 6.92 Å². The van der Waals surface area contributed by atoms with Crippen molar-refractivity contribution in [2.45, 2.75) is 44.1 Å². The molecule has 0 fully saturated rings. The largest absolute Gasteiger partial charge is 0.481 e. The molecular formula is C9H10F6O4. The van der Waals surface area contributed by atoms with E-state index in [1.54, 1.807) is 0 Å². The quantitative estimate of drug-likeness (QED) is 0.626. The number of carboxylic acid groups (broad SMARTS) is 1. The highest BCUT2D eigenvalue weighted by Crippen LogP contribution is 2.48. The lowest BCUT2D eigenvalue weighted by Gasteiger charge is -2.35. The van der Waals surface area contributed by atoms with E-state index < -0.39 is 42.7 Å². The van der Waals surface area contributed by atoms with Crippen molar-refractivity contribution in [3.05, 3.63) is 0 Å². The van der Waals surface area contributed by atoms with Crippen LogP contribution in [-0.4, -0.2) is 35.0 Å². The standard InChI is InChI=1S/C9H10F6O4/c1-2-3-6(18)19-7(4-5(16)17,8(10,11)12)9(13,14)15/h2-4H2,1H3,(H,16,17). The molecule has 0 aliphatic rings. The fourth-order valence-electron chi connectivity index (χ4n) is 1.18. The van der Waals surface area contributed by atoms with Crippen LogP contribution in [-0.2, 0) is 14.3 Å². The summed E-state index contributed by atoms with van der Waals surface area (Å²) in [4.78, 5) is 21.2. The van der Waals surface area contributed by atoms with Gasteiger partial charge in [0.15, 0.2) is 0 Å². The Labute approximate surface area is 103 Å². The van der Waals surface area contributed by atoms with Crippen LogP contribution in [0.1, 0.15) is 26.2 Å². The molecule has 0 aromatic rings. The molecule has 0 aliphatic heterocycles. The Kier molecular flexibility index (Phi) is 5.22. The zero-order valence-corrected chi connectivity index (χ0v) is 9.56. The molecule has 0 bridgehead atoms. The highest BCUT2D eigenvalue weighted by molar-refractivity contribution is 5.73. The van der Waals surface area contributed by atoms with Crippen molar-refractivity contribution in [3.63, 3.8) is 0 Å². The third kappa shape index (κ3) is 4.00. The molecule has 0 aromatic heterocycles. The van der Waals surface area contributed by atoms with E-state index in [4.69, 9.17) is 5.11 Å². The molecule has 0 aliphatic carbocycles. The number of aliphatic carboxylic acids is 1. The fourth-order valence-corrected chi connectivity index (χ4v) is 1.18. The van der Waals surface area contributed by atoms with E-state index in [1.165, 1.54) is 6.92 Å². The summed E-state index contributed by atoms with van der Waals surface area (Å²) in [5, 5.41) is 8.23. The average molecular weight is 296 g/mol. The van der Waals surface area contributed by atoms with Crippen LogP contribution < -0.4 is 0 Å². The zero-order chi connectivity index (χ0) is 15.5. The molecule has 0 aromatic carbocycles.